The van der Waals surface area contributed by atoms with Crippen LogP contribution in [0.25, 0.3) is 11.0 Å². The Labute approximate surface area is 102 Å². The van der Waals surface area contributed by atoms with Gasteiger partial charge < -0.3 is 9.15 Å². The van der Waals surface area contributed by atoms with Crippen LogP contribution in [-0.2, 0) is 4.74 Å². The highest BCUT2D eigenvalue weighted by molar-refractivity contribution is 6.31. The van der Waals surface area contributed by atoms with Gasteiger partial charge in [-0.1, -0.05) is 11.6 Å². The summed E-state index contributed by atoms with van der Waals surface area (Å²) in [5, 5.41) is 0.338. The van der Waals surface area contributed by atoms with Crippen LogP contribution in [0.1, 0.15) is 23.0 Å². The van der Waals surface area contributed by atoms with E-state index >= 15 is 0 Å². The number of furan rings is 1. The van der Waals surface area contributed by atoms with Gasteiger partial charge in [0.25, 0.3) is 0 Å². The maximum absolute atomic E-state index is 13.8. The zero-order chi connectivity index (χ0) is 12.6. The van der Waals surface area contributed by atoms with Crippen molar-refractivity contribution >= 4 is 28.5 Å². The maximum atomic E-state index is 13.8. The van der Waals surface area contributed by atoms with Crippen molar-refractivity contribution in [3.8, 4) is 0 Å². The van der Waals surface area contributed by atoms with Crippen molar-refractivity contribution in [1.82, 2.24) is 0 Å². The summed E-state index contributed by atoms with van der Waals surface area (Å²) in [6, 6.07) is 2.61. The molecule has 0 aliphatic rings. The maximum Gasteiger partial charge on any atom is 0.342 e. The molecule has 5 heteroatoms. The van der Waals surface area contributed by atoms with E-state index in [0.717, 1.165) is 6.07 Å². The molecule has 0 N–H and O–H groups in total. The van der Waals surface area contributed by atoms with Gasteiger partial charge in [0.05, 0.1) is 12.0 Å². The molecule has 0 unspecified atom stereocenters. The number of halogens is 2. The molecule has 0 amide bonds. The molecular formula is C12H10ClFO3. The fourth-order valence-corrected chi connectivity index (χ4v) is 1.91. The molecule has 2 rings (SSSR count). The Hall–Kier alpha value is -1.55. The van der Waals surface area contributed by atoms with Crippen molar-refractivity contribution in [3.63, 3.8) is 0 Å². The highest BCUT2D eigenvalue weighted by Crippen LogP contribution is 2.31. The smallest absolute Gasteiger partial charge is 0.342 e. The number of fused-ring (bicyclic) bond motifs is 1. The van der Waals surface area contributed by atoms with E-state index in [4.69, 9.17) is 20.8 Å². The number of carbonyl (C=O) groups excluding carboxylic acids is 1. The molecule has 2 aromatic rings. The molecule has 1 aromatic heterocycles. The molecule has 0 spiro atoms. The van der Waals surface area contributed by atoms with Gasteiger partial charge in [0.15, 0.2) is 0 Å². The van der Waals surface area contributed by atoms with E-state index in [1.807, 2.05) is 0 Å². The van der Waals surface area contributed by atoms with Gasteiger partial charge in [0, 0.05) is 11.1 Å². The average Bonchev–Trinajstić information content (AvgIpc) is 2.54. The minimum Gasteiger partial charge on any atom is -0.462 e. The first-order chi connectivity index (χ1) is 8.04. The van der Waals surface area contributed by atoms with E-state index < -0.39 is 11.8 Å². The molecular weight excluding hydrogens is 247 g/mol. The molecule has 0 atom stereocenters. The largest absolute Gasteiger partial charge is 0.462 e. The van der Waals surface area contributed by atoms with Gasteiger partial charge >= 0.3 is 5.97 Å². The normalized spacial score (nSPS) is 10.8. The third-order valence-electron chi connectivity index (χ3n) is 2.36. The van der Waals surface area contributed by atoms with Crippen molar-refractivity contribution in [1.29, 1.82) is 0 Å². The lowest BCUT2D eigenvalue weighted by Gasteiger charge is -2.01. The molecule has 0 aliphatic carbocycles. The fourth-order valence-electron chi connectivity index (χ4n) is 1.71. The van der Waals surface area contributed by atoms with E-state index in [-0.39, 0.29) is 28.2 Å². The predicted octanol–water partition coefficient (Wildman–Crippen LogP) is 3.71. The second-order valence-electron chi connectivity index (χ2n) is 3.51. The van der Waals surface area contributed by atoms with Crippen molar-refractivity contribution in [2.75, 3.05) is 6.61 Å². The highest BCUT2D eigenvalue weighted by atomic mass is 35.5. The number of carbonyl (C=O) groups is 1. The van der Waals surface area contributed by atoms with Crippen molar-refractivity contribution < 1.29 is 18.3 Å². The summed E-state index contributed by atoms with van der Waals surface area (Å²) in [5.74, 6) is -0.864. The van der Waals surface area contributed by atoms with E-state index in [2.05, 4.69) is 0 Å². The molecule has 0 bridgehead atoms. The lowest BCUT2D eigenvalue weighted by atomic mass is 10.1. The Morgan fingerprint density at radius 3 is 2.88 bits per heavy atom. The third-order valence-corrected chi connectivity index (χ3v) is 2.58. The SMILES string of the molecule is CCOC(=O)c1c(C)oc2cc(Cl)cc(F)c12. The van der Waals surface area contributed by atoms with Crippen LogP contribution in [-0.4, -0.2) is 12.6 Å². The van der Waals surface area contributed by atoms with Crippen LogP contribution in [0.3, 0.4) is 0 Å². The summed E-state index contributed by atoms with van der Waals surface area (Å²) in [5.41, 5.74) is 0.367. The number of hydrogen-bond acceptors (Lipinski definition) is 3. The standard InChI is InChI=1S/C12H10ClFO3/c1-3-16-12(15)10-6(2)17-9-5-7(13)4-8(14)11(9)10/h4-5H,3H2,1-2H3. The summed E-state index contributed by atoms with van der Waals surface area (Å²) < 4.78 is 23.9. The second-order valence-corrected chi connectivity index (χ2v) is 3.95. The van der Waals surface area contributed by atoms with Crippen LogP contribution in [0.4, 0.5) is 4.39 Å². The molecule has 17 heavy (non-hydrogen) atoms. The van der Waals surface area contributed by atoms with E-state index in [1.165, 1.54) is 6.07 Å². The Bertz CT molecular complexity index is 589. The van der Waals surface area contributed by atoms with Gasteiger partial charge in [-0.15, -0.1) is 0 Å². The number of hydrogen-bond donors (Lipinski definition) is 0. The zero-order valence-electron chi connectivity index (χ0n) is 9.34. The highest BCUT2D eigenvalue weighted by Gasteiger charge is 2.22. The second kappa shape index (κ2) is 4.37. The molecule has 90 valence electrons. The number of rotatable bonds is 2. The van der Waals surface area contributed by atoms with Gasteiger partial charge in [-0.3, -0.25) is 0 Å². The van der Waals surface area contributed by atoms with E-state index in [9.17, 15) is 9.18 Å². The first-order valence-corrected chi connectivity index (χ1v) is 5.47. The van der Waals surface area contributed by atoms with Gasteiger partial charge in [-0.25, -0.2) is 9.18 Å². The van der Waals surface area contributed by atoms with Crippen LogP contribution in [0.2, 0.25) is 5.02 Å². The van der Waals surface area contributed by atoms with Gasteiger partial charge in [-0.05, 0) is 19.9 Å². The molecule has 1 aromatic carbocycles. The number of aryl methyl sites for hydroxylation is 1. The van der Waals surface area contributed by atoms with Gasteiger partial charge in [0.1, 0.15) is 22.7 Å². The first kappa shape index (κ1) is 11.9. The summed E-state index contributed by atoms with van der Waals surface area (Å²) in [6.45, 7) is 3.49. The summed E-state index contributed by atoms with van der Waals surface area (Å²) in [7, 11) is 0. The van der Waals surface area contributed by atoms with Crippen molar-refractivity contribution in [2.24, 2.45) is 0 Å². The fraction of sp³-hybridized carbons (Fsp3) is 0.250. The number of benzene rings is 1. The Morgan fingerprint density at radius 1 is 1.53 bits per heavy atom. The topological polar surface area (TPSA) is 39.4 Å². The quantitative estimate of drug-likeness (QED) is 0.769. The third kappa shape index (κ3) is 2.00. The summed E-state index contributed by atoms with van der Waals surface area (Å²) in [6.07, 6.45) is 0. The zero-order valence-corrected chi connectivity index (χ0v) is 10.1. The Morgan fingerprint density at radius 2 is 2.24 bits per heavy atom. The van der Waals surface area contributed by atoms with Gasteiger partial charge in [-0.2, -0.15) is 0 Å². The monoisotopic (exact) mass is 256 g/mol. The first-order valence-electron chi connectivity index (χ1n) is 5.09. The molecule has 0 saturated carbocycles. The average molecular weight is 257 g/mol. The van der Waals surface area contributed by atoms with Crippen LogP contribution in [0.5, 0.6) is 0 Å². The van der Waals surface area contributed by atoms with Crippen LogP contribution in [0.15, 0.2) is 16.5 Å². The molecule has 3 nitrogen and oxygen atoms in total. The molecule has 0 saturated heterocycles. The minimum atomic E-state index is -0.593. The lowest BCUT2D eigenvalue weighted by Crippen LogP contribution is -2.05. The van der Waals surface area contributed by atoms with Crippen LogP contribution >= 0.6 is 11.6 Å². The predicted molar refractivity (Wildman–Crippen MR) is 61.9 cm³/mol. The minimum absolute atomic E-state index is 0.116. The van der Waals surface area contributed by atoms with E-state index in [1.54, 1.807) is 13.8 Å². The Balaban J connectivity index is 2.71. The summed E-state index contributed by atoms with van der Waals surface area (Å²) in [4.78, 5) is 11.7. The number of ether oxygens (including phenoxy) is 1. The Kier molecular flexibility index (Phi) is 3.07. The molecule has 1 heterocycles. The van der Waals surface area contributed by atoms with Crippen molar-refractivity contribution in [3.05, 3.63) is 34.3 Å². The molecule has 0 radical (unpaired) electrons. The van der Waals surface area contributed by atoms with Gasteiger partial charge in [0.2, 0.25) is 0 Å². The van der Waals surface area contributed by atoms with Crippen molar-refractivity contribution in [2.45, 2.75) is 13.8 Å². The summed E-state index contributed by atoms with van der Waals surface area (Å²) >= 11 is 5.71. The van der Waals surface area contributed by atoms with E-state index in [0.29, 0.717) is 5.76 Å². The lowest BCUT2D eigenvalue weighted by molar-refractivity contribution is 0.0526. The molecule has 0 aliphatic heterocycles. The van der Waals surface area contributed by atoms with Crippen LogP contribution < -0.4 is 0 Å². The molecule has 0 fully saturated rings. The number of esters is 1. The van der Waals surface area contributed by atoms with Crippen LogP contribution in [0, 0.1) is 12.7 Å².